The summed E-state index contributed by atoms with van der Waals surface area (Å²) in [6, 6.07) is 9.46. The van der Waals surface area contributed by atoms with Gasteiger partial charge in [0, 0.05) is 22.3 Å². The molecule has 1 unspecified atom stereocenters. The summed E-state index contributed by atoms with van der Waals surface area (Å²) in [5.74, 6) is 0.552. The van der Waals surface area contributed by atoms with E-state index in [4.69, 9.17) is 28.9 Å². The molecule has 1 aromatic carbocycles. The molecule has 0 spiro atoms. The lowest BCUT2D eigenvalue weighted by atomic mass is 9.99. The van der Waals surface area contributed by atoms with Gasteiger partial charge in [-0.2, -0.15) is 0 Å². The van der Waals surface area contributed by atoms with Gasteiger partial charge in [0.1, 0.15) is 5.82 Å². The number of nitrogens with two attached hydrogens (primary N) is 1. The van der Waals surface area contributed by atoms with Gasteiger partial charge in [-0.25, -0.2) is 4.98 Å². The summed E-state index contributed by atoms with van der Waals surface area (Å²) in [6.07, 6.45) is 2.41. The van der Waals surface area contributed by atoms with Crippen molar-refractivity contribution in [2.45, 2.75) is 12.5 Å². The molecule has 0 fully saturated rings. The monoisotopic (exact) mass is 295 g/mol. The van der Waals surface area contributed by atoms with Gasteiger partial charge in [-0.3, -0.25) is 0 Å². The second-order valence-electron chi connectivity index (χ2n) is 4.30. The van der Waals surface area contributed by atoms with E-state index in [1.54, 1.807) is 12.3 Å². The molecule has 3 N–H and O–H groups in total. The maximum atomic E-state index is 6.04. The Morgan fingerprint density at radius 3 is 2.53 bits per heavy atom. The molecular weight excluding hydrogens is 281 g/mol. The van der Waals surface area contributed by atoms with Crippen molar-refractivity contribution in [1.82, 2.24) is 10.3 Å². The number of hydrogen-bond acceptors (Lipinski definition) is 3. The van der Waals surface area contributed by atoms with Gasteiger partial charge in [0.15, 0.2) is 0 Å². The lowest BCUT2D eigenvalue weighted by Crippen LogP contribution is -2.19. The number of anilines is 1. The smallest absolute Gasteiger partial charge is 0.126 e. The average molecular weight is 296 g/mol. The minimum absolute atomic E-state index is 0.0858. The van der Waals surface area contributed by atoms with Crippen molar-refractivity contribution in [3.8, 4) is 0 Å². The van der Waals surface area contributed by atoms with E-state index in [9.17, 15) is 0 Å². The maximum Gasteiger partial charge on any atom is 0.126 e. The van der Waals surface area contributed by atoms with Crippen molar-refractivity contribution >= 4 is 29.0 Å². The molecule has 0 bridgehead atoms. The van der Waals surface area contributed by atoms with Gasteiger partial charge in [0.2, 0.25) is 0 Å². The zero-order valence-corrected chi connectivity index (χ0v) is 12.0. The Bertz CT molecular complexity index is 552. The molecule has 0 amide bonds. The number of likely N-dealkylation sites (N-methyl/N-ethyl adjacent to an activating group) is 1. The van der Waals surface area contributed by atoms with Crippen LogP contribution in [-0.2, 0) is 6.42 Å². The first-order chi connectivity index (χ1) is 9.10. The number of halogens is 2. The fourth-order valence-corrected chi connectivity index (χ4v) is 2.55. The molecule has 1 heterocycles. The van der Waals surface area contributed by atoms with Crippen LogP contribution in [0.25, 0.3) is 0 Å². The Hall–Kier alpha value is -1.29. The summed E-state index contributed by atoms with van der Waals surface area (Å²) in [5, 5.41) is 4.50. The van der Waals surface area contributed by atoms with Gasteiger partial charge in [-0.1, -0.05) is 29.3 Å². The second-order valence-corrected chi connectivity index (χ2v) is 5.17. The lowest BCUT2D eigenvalue weighted by molar-refractivity contribution is 0.592. The third-order valence-corrected chi connectivity index (χ3v) is 3.42. The van der Waals surface area contributed by atoms with E-state index < -0.39 is 0 Å². The third-order valence-electron chi connectivity index (χ3n) is 2.99. The van der Waals surface area contributed by atoms with E-state index >= 15 is 0 Å². The molecule has 100 valence electrons. The summed E-state index contributed by atoms with van der Waals surface area (Å²) >= 11 is 12.1. The Balaban J connectivity index is 2.28. The van der Waals surface area contributed by atoms with E-state index in [-0.39, 0.29) is 6.04 Å². The number of benzene rings is 1. The maximum absolute atomic E-state index is 6.04. The molecule has 5 heteroatoms. The van der Waals surface area contributed by atoms with E-state index in [0.717, 1.165) is 17.5 Å². The highest BCUT2D eigenvalue weighted by Gasteiger charge is 2.13. The predicted octanol–water partition coefficient (Wildman–Crippen LogP) is 3.47. The van der Waals surface area contributed by atoms with Gasteiger partial charge >= 0.3 is 0 Å². The molecule has 2 rings (SSSR count). The van der Waals surface area contributed by atoms with Crippen LogP contribution < -0.4 is 11.1 Å². The summed E-state index contributed by atoms with van der Waals surface area (Å²) in [6.45, 7) is 0. The van der Waals surface area contributed by atoms with Gasteiger partial charge in [-0.15, -0.1) is 0 Å². The molecule has 0 aliphatic heterocycles. The van der Waals surface area contributed by atoms with E-state index in [1.165, 1.54) is 0 Å². The predicted molar refractivity (Wildman–Crippen MR) is 80.6 cm³/mol. The highest BCUT2D eigenvalue weighted by Crippen LogP contribution is 2.26. The van der Waals surface area contributed by atoms with Crippen molar-refractivity contribution in [3.05, 3.63) is 57.7 Å². The number of hydrogen-bond donors (Lipinski definition) is 2. The summed E-state index contributed by atoms with van der Waals surface area (Å²) in [5.41, 5.74) is 7.90. The van der Waals surface area contributed by atoms with Crippen LogP contribution in [0.4, 0.5) is 5.82 Å². The number of pyridine rings is 1. The molecule has 0 radical (unpaired) electrons. The Kier molecular flexibility index (Phi) is 4.64. The van der Waals surface area contributed by atoms with Crippen LogP contribution in [0.5, 0.6) is 0 Å². The number of nitrogens with zero attached hydrogens (tertiary/aromatic N) is 1. The number of rotatable bonds is 4. The molecule has 0 saturated carbocycles. The van der Waals surface area contributed by atoms with Crippen LogP contribution in [0.15, 0.2) is 36.5 Å². The lowest BCUT2D eigenvalue weighted by Gasteiger charge is -2.18. The normalized spacial score (nSPS) is 12.4. The number of aromatic nitrogens is 1. The second kappa shape index (κ2) is 6.24. The molecular formula is C14H15Cl2N3. The molecule has 1 aromatic heterocycles. The van der Waals surface area contributed by atoms with Crippen LogP contribution in [-0.4, -0.2) is 12.0 Å². The van der Waals surface area contributed by atoms with Crippen LogP contribution in [0.1, 0.15) is 17.2 Å². The standard InChI is InChI=1S/C14H15Cl2N3/c1-18-13(7-9-3-2-4-19-14(9)17)10-5-11(15)8-12(16)6-10/h2-6,8,13,18H,7H2,1H3,(H2,17,19). The van der Waals surface area contributed by atoms with Crippen LogP contribution in [0, 0.1) is 0 Å². The van der Waals surface area contributed by atoms with Gasteiger partial charge in [-0.05, 0) is 48.9 Å². The highest BCUT2D eigenvalue weighted by atomic mass is 35.5. The molecule has 2 aromatic rings. The van der Waals surface area contributed by atoms with Crippen molar-refractivity contribution in [1.29, 1.82) is 0 Å². The van der Waals surface area contributed by atoms with Crippen molar-refractivity contribution in [2.75, 3.05) is 12.8 Å². The van der Waals surface area contributed by atoms with Gasteiger partial charge in [0.25, 0.3) is 0 Å². The number of nitrogen functional groups attached to an aromatic ring is 1. The summed E-state index contributed by atoms with van der Waals surface area (Å²) in [4.78, 5) is 4.09. The van der Waals surface area contributed by atoms with E-state index in [0.29, 0.717) is 15.9 Å². The van der Waals surface area contributed by atoms with Crippen molar-refractivity contribution in [3.63, 3.8) is 0 Å². The highest BCUT2D eigenvalue weighted by molar-refractivity contribution is 6.34. The SMILES string of the molecule is CNC(Cc1cccnc1N)c1cc(Cl)cc(Cl)c1. The largest absolute Gasteiger partial charge is 0.383 e. The first-order valence-corrected chi connectivity index (χ1v) is 6.68. The average Bonchev–Trinajstić information content (AvgIpc) is 2.36. The van der Waals surface area contributed by atoms with E-state index in [1.807, 2.05) is 31.3 Å². The fraction of sp³-hybridized carbons (Fsp3) is 0.214. The van der Waals surface area contributed by atoms with Crippen molar-refractivity contribution in [2.24, 2.45) is 0 Å². The Morgan fingerprint density at radius 1 is 1.26 bits per heavy atom. The van der Waals surface area contributed by atoms with E-state index in [2.05, 4.69) is 10.3 Å². The minimum Gasteiger partial charge on any atom is -0.383 e. The molecule has 0 saturated heterocycles. The van der Waals surface area contributed by atoms with Crippen LogP contribution >= 0.6 is 23.2 Å². The number of nitrogens with one attached hydrogen (secondary N) is 1. The Morgan fingerprint density at radius 2 is 1.95 bits per heavy atom. The molecule has 3 nitrogen and oxygen atoms in total. The zero-order valence-electron chi connectivity index (χ0n) is 10.5. The van der Waals surface area contributed by atoms with Crippen LogP contribution in [0.3, 0.4) is 0 Å². The molecule has 0 aliphatic carbocycles. The zero-order chi connectivity index (χ0) is 13.8. The molecule has 19 heavy (non-hydrogen) atoms. The molecule has 1 atom stereocenters. The topological polar surface area (TPSA) is 50.9 Å². The fourth-order valence-electron chi connectivity index (χ4n) is 2.01. The quantitative estimate of drug-likeness (QED) is 0.908. The first-order valence-electron chi connectivity index (χ1n) is 5.92. The van der Waals surface area contributed by atoms with Crippen LogP contribution in [0.2, 0.25) is 10.0 Å². The minimum atomic E-state index is 0.0858. The van der Waals surface area contributed by atoms with Gasteiger partial charge < -0.3 is 11.1 Å². The summed E-state index contributed by atoms with van der Waals surface area (Å²) in [7, 11) is 1.89. The third kappa shape index (κ3) is 3.60. The first kappa shape index (κ1) is 14.1. The molecule has 0 aliphatic rings. The van der Waals surface area contributed by atoms with Gasteiger partial charge in [0.05, 0.1) is 0 Å². The van der Waals surface area contributed by atoms with Crippen molar-refractivity contribution < 1.29 is 0 Å². The summed E-state index contributed by atoms with van der Waals surface area (Å²) < 4.78 is 0. The Labute approximate surface area is 122 Å².